The maximum absolute atomic E-state index is 8.62. The van der Waals surface area contributed by atoms with Crippen LogP contribution in [0, 0.1) is 0 Å². The molecule has 0 N–H and O–H groups in total. The Morgan fingerprint density at radius 2 is 0.727 bits per heavy atom. The summed E-state index contributed by atoms with van der Waals surface area (Å²) in [5, 5.41) is 0. The first-order valence-corrected chi connectivity index (χ1v) is 12.2. The van der Waals surface area contributed by atoms with Crippen molar-refractivity contribution in [2.75, 3.05) is 26.2 Å². The van der Waals surface area contributed by atoms with Crippen LogP contribution < -0.4 is 33.8 Å². The summed E-state index contributed by atoms with van der Waals surface area (Å²) >= 11 is -5.94. The van der Waals surface area contributed by atoms with Gasteiger partial charge in [-0.2, -0.15) is 0 Å². The third-order valence-electron chi connectivity index (χ3n) is 3.94. The van der Waals surface area contributed by atoms with Gasteiger partial charge in [0.1, 0.15) is 20.1 Å². The molecule has 0 aromatic carbocycles. The average molecular weight is 433 g/mol. The summed E-state index contributed by atoms with van der Waals surface area (Å²) < 4.78 is 35.9. The Morgan fingerprint density at radius 1 is 0.545 bits per heavy atom. The predicted molar refractivity (Wildman–Crippen MR) is 79.4 cm³/mol. The van der Waals surface area contributed by atoms with E-state index < -0.39 is 20.1 Å². The third kappa shape index (κ3) is 18.6. The minimum atomic E-state index is -5.94. The first-order chi connectivity index (χ1) is 10.2. The minimum Gasteiger partial charge on any atom is -0.324 e. The molecule has 0 aromatic heterocycles. The van der Waals surface area contributed by atoms with E-state index in [9.17, 15) is 0 Å². The predicted octanol–water partition coefficient (Wildman–Crippen LogP) is -2.75. The molecule has 0 bridgehead atoms. The van der Waals surface area contributed by atoms with E-state index in [1.54, 1.807) is 0 Å². The molecule has 0 aliphatic carbocycles. The fourth-order valence-electron chi connectivity index (χ4n) is 2.64. The van der Waals surface area contributed by atoms with Crippen molar-refractivity contribution in [1.29, 1.82) is 0 Å². The lowest BCUT2D eigenvalue weighted by Crippen LogP contribution is -4.29. The lowest BCUT2D eigenvalue weighted by molar-refractivity contribution is -2.00. The smallest absolute Gasteiger partial charge is 0.144 e. The van der Waals surface area contributed by atoms with Crippen molar-refractivity contribution in [2.24, 2.45) is 0 Å². The van der Waals surface area contributed by atoms with Crippen LogP contribution in [-0.2, 0) is 0 Å². The summed E-state index contributed by atoms with van der Waals surface area (Å²) in [7, 11) is 0. The van der Waals surface area contributed by atoms with E-state index in [4.69, 9.17) is 13.7 Å². The highest BCUT2D eigenvalue weighted by molar-refractivity contribution is 4.49. The van der Waals surface area contributed by atoms with Gasteiger partial charge >= 0.3 is 0 Å². The molecule has 136 valence electrons. The Balaban J connectivity index is 0. The Kier molecular flexibility index (Phi) is 17.0. The van der Waals surface area contributed by atoms with Crippen LogP contribution in [0.1, 0.15) is 79.1 Å². The van der Waals surface area contributed by atoms with Crippen LogP contribution in [0.15, 0.2) is 0 Å². The molecule has 0 saturated carbocycles. The second-order valence-electron chi connectivity index (χ2n) is 6.03. The van der Waals surface area contributed by atoms with Crippen LogP contribution >= 0.6 is 0 Å². The second kappa shape index (κ2) is 15.1. The molecule has 0 spiro atoms. The molecule has 0 aromatic rings. The van der Waals surface area contributed by atoms with E-state index in [1.807, 2.05) is 0 Å². The van der Waals surface area contributed by atoms with Crippen molar-refractivity contribution < 1.29 is 38.3 Å². The number of nitrogens with zero attached hydrogens (tertiary/aromatic N) is 1. The van der Waals surface area contributed by atoms with Gasteiger partial charge in [-0.1, -0.05) is 53.4 Å². The zero-order valence-corrected chi connectivity index (χ0v) is 17.1. The summed E-state index contributed by atoms with van der Waals surface area (Å²) in [6.45, 7) is 15.0. The molecule has 6 heteroatoms. The minimum absolute atomic E-state index is 1.35. The Bertz CT molecular complexity index is 191. The zero-order valence-electron chi connectivity index (χ0n) is 14.9. The maximum atomic E-state index is 8.62. The molecular weight excluding hydrogens is 397 g/mol. The zero-order chi connectivity index (χ0) is 17.5. The Hall–Kier alpha value is 0.530. The van der Waals surface area contributed by atoms with Crippen molar-refractivity contribution >= 4 is 0 Å². The summed E-state index contributed by atoms with van der Waals surface area (Å²) in [5.74, 6) is 0. The number of quaternary nitrogens is 1. The largest absolute Gasteiger partial charge is 0.324 e. The number of halogens is 1. The first kappa shape index (κ1) is 24.8. The third-order valence-corrected chi connectivity index (χ3v) is 3.94. The van der Waals surface area contributed by atoms with Crippen LogP contribution in [0.25, 0.3) is 0 Å². The summed E-state index contributed by atoms with van der Waals surface area (Å²) in [5.41, 5.74) is 0. The van der Waals surface area contributed by atoms with E-state index >= 15 is 0 Å². The first-order valence-electron chi connectivity index (χ1n) is 8.71. The topological polar surface area (TPSA) is 92.2 Å². The molecule has 0 atom stereocenters. The fourth-order valence-corrected chi connectivity index (χ4v) is 2.64. The monoisotopic (exact) mass is 433 g/mol. The molecule has 0 rings (SSSR count). The average Bonchev–Trinajstić information content (AvgIpc) is 2.44. The SMILES string of the molecule is CCCC[N+](CCCC)(CCCC)CCCC.[O-][I+3]([O-])([O-])[O-]. The molecule has 0 unspecified atom stereocenters. The van der Waals surface area contributed by atoms with Gasteiger partial charge in [0, 0.05) is 0 Å². The molecule has 5 nitrogen and oxygen atoms in total. The van der Waals surface area contributed by atoms with Gasteiger partial charge in [0.2, 0.25) is 0 Å². The van der Waals surface area contributed by atoms with Gasteiger partial charge in [0.25, 0.3) is 0 Å². The van der Waals surface area contributed by atoms with E-state index in [0.29, 0.717) is 0 Å². The maximum Gasteiger partial charge on any atom is 0.144 e. The highest BCUT2D eigenvalue weighted by Crippen LogP contribution is 2.16. The standard InChI is InChI=1S/C16H36N.IO4/c1-5-9-13-17(14-10-6-2,15-11-7-3)16-12-8-4;2-1(3,4)5/h5-16H2,1-4H3;/q+1;-1. The molecule has 0 aliphatic heterocycles. The highest BCUT2D eigenvalue weighted by atomic mass is 127. The van der Waals surface area contributed by atoms with Crippen molar-refractivity contribution in [2.45, 2.75) is 79.1 Å². The molecule has 0 saturated heterocycles. The summed E-state index contributed by atoms with van der Waals surface area (Å²) in [6, 6.07) is 0. The van der Waals surface area contributed by atoms with Crippen molar-refractivity contribution in [3.05, 3.63) is 0 Å². The van der Waals surface area contributed by atoms with E-state index in [0.717, 1.165) is 0 Å². The molecule has 0 amide bonds. The van der Waals surface area contributed by atoms with Gasteiger partial charge in [-0.25, -0.2) is 0 Å². The van der Waals surface area contributed by atoms with E-state index in [-0.39, 0.29) is 0 Å². The molecule has 0 aliphatic rings. The van der Waals surface area contributed by atoms with Crippen molar-refractivity contribution in [3.63, 3.8) is 0 Å². The second-order valence-corrected chi connectivity index (χ2v) is 8.19. The molecule has 0 heterocycles. The van der Waals surface area contributed by atoms with Crippen molar-refractivity contribution in [3.8, 4) is 0 Å². The van der Waals surface area contributed by atoms with E-state index in [1.165, 1.54) is 82.0 Å². The number of unbranched alkanes of at least 4 members (excludes halogenated alkanes) is 4. The van der Waals surface area contributed by atoms with Gasteiger partial charge < -0.3 is 4.48 Å². The Labute approximate surface area is 143 Å². The summed E-state index contributed by atoms with van der Waals surface area (Å²) in [6.07, 6.45) is 11.1. The van der Waals surface area contributed by atoms with E-state index in [2.05, 4.69) is 27.7 Å². The van der Waals surface area contributed by atoms with Gasteiger partial charge in [-0.15, -0.1) is 0 Å². The normalized spacial score (nSPS) is 12.0. The highest BCUT2D eigenvalue weighted by Gasteiger charge is 2.24. The number of hydrogen-bond acceptors (Lipinski definition) is 4. The number of rotatable bonds is 12. The van der Waals surface area contributed by atoms with Crippen LogP contribution in [0.5, 0.6) is 0 Å². The van der Waals surface area contributed by atoms with Crippen LogP contribution in [0.3, 0.4) is 0 Å². The molecule has 22 heavy (non-hydrogen) atoms. The van der Waals surface area contributed by atoms with Crippen LogP contribution in [0.2, 0.25) is 0 Å². The van der Waals surface area contributed by atoms with Gasteiger partial charge in [0.15, 0.2) is 0 Å². The van der Waals surface area contributed by atoms with Crippen LogP contribution in [-0.4, -0.2) is 30.7 Å². The van der Waals surface area contributed by atoms with Gasteiger partial charge in [-0.3, -0.25) is 13.7 Å². The molecular formula is C16H36INO4. The number of hydrogen-bond donors (Lipinski definition) is 0. The van der Waals surface area contributed by atoms with Gasteiger partial charge in [-0.05, 0) is 25.7 Å². The lowest BCUT2D eigenvalue weighted by atomic mass is 10.1. The molecule has 0 fully saturated rings. The quantitative estimate of drug-likeness (QED) is 0.247. The van der Waals surface area contributed by atoms with Crippen molar-refractivity contribution in [1.82, 2.24) is 0 Å². The lowest BCUT2D eigenvalue weighted by Gasteiger charge is -2.39. The molecule has 0 radical (unpaired) electrons. The summed E-state index contributed by atoms with van der Waals surface area (Å²) in [4.78, 5) is 0. The Morgan fingerprint density at radius 3 is 0.864 bits per heavy atom. The fraction of sp³-hybridized carbons (Fsp3) is 1.00. The van der Waals surface area contributed by atoms with Gasteiger partial charge in [0.05, 0.1) is 26.2 Å². The van der Waals surface area contributed by atoms with Crippen LogP contribution in [0.4, 0.5) is 0 Å².